The molecule has 1 amide bonds. The second-order valence-corrected chi connectivity index (χ2v) is 24.9. The largest absolute Gasteiger partial charge is 0.756 e. The number of hydrogen-bond donors (Lipinski definition) is 2. The number of unbranched alkanes of at least 4 members (excludes halogenated alkanes) is 47. The standard InChI is InChI=1S/C63H127N2O6P/c1-6-8-10-12-14-16-18-20-22-24-26-28-30-31-32-33-35-37-39-41-43-45-47-49-51-53-55-57-63(67)64-61(60-71-72(68,69)70-59-58-65(3,4)5)62(66)56-54-52-50-48-46-44-42-40-38-36-34-29-27-25-23-21-19-17-15-13-11-9-7-2/h54,56,61-62,66H,6-53,55,57-60H2,1-5H3,(H-,64,67,68,69)/b56-54+. The fourth-order valence-electron chi connectivity index (χ4n) is 9.98. The molecule has 0 bridgehead atoms. The van der Waals surface area contributed by atoms with E-state index in [4.69, 9.17) is 9.05 Å². The number of aliphatic hydroxyl groups excluding tert-OH is 1. The molecular formula is C63H127N2O6P. The van der Waals surface area contributed by atoms with Crippen LogP contribution in [0, 0.1) is 0 Å². The second-order valence-electron chi connectivity index (χ2n) is 23.5. The fraction of sp³-hybridized carbons (Fsp3) is 0.952. The third-order valence-corrected chi connectivity index (χ3v) is 16.0. The van der Waals surface area contributed by atoms with Crippen molar-refractivity contribution in [3.8, 4) is 0 Å². The highest BCUT2D eigenvalue weighted by atomic mass is 31.2. The van der Waals surface area contributed by atoms with Crippen molar-refractivity contribution in [3.63, 3.8) is 0 Å². The highest BCUT2D eigenvalue weighted by Crippen LogP contribution is 2.38. The number of rotatable bonds is 60. The van der Waals surface area contributed by atoms with Gasteiger partial charge in [0.25, 0.3) is 7.82 Å². The van der Waals surface area contributed by atoms with Crippen LogP contribution in [-0.2, 0) is 18.4 Å². The molecule has 0 heterocycles. The number of likely N-dealkylation sites (N-methyl/N-ethyl adjacent to an activating group) is 1. The van der Waals surface area contributed by atoms with Crippen molar-refractivity contribution in [1.29, 1.82) is 0 Å². The van der Waals surface area contributed by atoms with Gasteiger partial charge >= 0.3 is 0 Å². The molecule has 0 radical (unpaired) electrons. The Bertz CT molecular complexity index is 1180. The van der Waals surface area contributed by atoms with Crippen molar-refractivity contribution in [2.45, 2.75) is 347 Å². The van der Waals surface area contributed by atoms with Gasteiger partial charge in [-0.25, -0.2) is 0 Å². The average Bonchev–Trinajstić information content (AvgIpc) is 3.34. The number of nitrogens with one attached hydrogen (secondary N) is 1. The molecular weight excluding hydrogens is 912 g/mol. The molecule has 0 saturated heterocycles. The molecule has 0 aromatic carbocycles. The van der Waals surface area contributed by atoms with Crippen LogP contribution in [0.15, 0.2) is 12.2 Å². The molecule has 9 heteroatoms. The van der Waals surface area contributed by atoms with Crippen LogP contribution >= 0.6 is 7.82 Å². The Morgan fingerprint density at radius 1 is 0.472 bits per heavy atom. The van der Waals surface area contributed by atoms with E-state index in [-0.39, 0.29) is 19.1 Å². The van der Waals surface area contributed by atoms with E-state index in [1.54, 1.807) is 6.08 Å². The van der Waals surface area contributed by atoms with E-state index in [1.807, 2.05) is 27.2 Å². The summed E-state index contributed by atoms with van der Waals surface area (Å²) in [6.45, 7) is 4.71. The monoisotopic (exact) mass is 1040 g/mol. The molecule has 2 N–H and O–H groups in total. The van der Waals surface area contributed by atoms with E-state index >= 15 is 0 Å². The Morgan fingerprint density at radius 3 is 1.04 bits per heavy atom. The maximum absolute atomic E-state index is 13.0. The van der Waals surface area contributed by atoms with Gasteiger partial charge in [-0.1, -0.05) is 321 Å². The van der Waals surface area contributed by atoms with Gasteiger partial charge in [0.05, 0.1) is 39.9 Å². The van der Waals surface area contributed by atoms with Crippen LogP contribution in [0.5, 0.6) is 0 Å². The first-order valence-corrected chi connectivity index (χ1v) is 33.5. The SMILES string of the molecule is CCCCCCCCCCCCCCCCCCCCCCC/C=C/C(O)C(COP(=O)([O-])OCC[N+](C)(C)C)NC(=O)CCCCCCCCCCCCCCCCCCCCCCCCCCCCC. The maximum Gasteiger partial charge on any atom is 0.268 e. The molecule has 72 heavy (non-hydrogen) atoms. The Balaban J connectivity index is 4.09. The summed E-state index contributed by atoms with van der Waals surface area (Å²) < 4.78 is 23.4. The molecule has 3 atom stereocenters. The molecule has 0 aliphatic heterocycles. The number of amides is 1. The van der Waals surface area contributed by atoms with Gasteiger partial charge in [-0.3, -0.25) is 9.36 Å². The summed E-state index contributed by atoms with van der Waals surface area (Å²) in [4.78, 5) is 25.6. The summed E-state index contributed by atoms with van der Waals surface area (Å²) >= 11 is 0. The lowest BCUT2D eigenvalue weighted by atomic mass is 10.0. The zero-order valence-electron chi connectivity index (χ0n) is 49.2. The van der Waals surface area contributed by atoms with E-state index in [0.29, 0.717) is 17.4 Å². The van der Waals surface area contributed by atoms with E-state index in [2.05, 4.69) is 19.2 Å². The molecule has 0 aromatic heterocycles. The molecule has 0 aliphatic carbocycles. The number of carbonyl (C=O) groups is 1. The summed E-state index contributed by atoms with van der Waals surface area (Å²) in [5, 5.41) is 13.9. The van der Waals surface area contributed by atoms with Crippen molar-refractivity contribution >= 4 is 13.7 Å². The normalized spacial score (nSPS) is 13.8. The van der Waals surface area contributed by atoms with Gasteiger partial charge in [-0.05, 0) is 19.3 Å². The van der Waals surface area contributed by atoms with Crippen LogP contribution in [0.2, 0.25) is 0 Å². The molecule has 0 rings (SSSR count). The van der Waals surface area contributed by atoms with Crippen LogP contribution in [0.3, 0.4) is 0 Å². The van der Waals surface area contributed by atoms with Crippen LogP contribution in [0.1, 0.15) is 335 Å². The summed E-state index contributed by atoms with van der Waals surface area (Å²) in [7, 11) is 1.28. The molecule has 430 valence electrons. The van der Waals surface area contributed by atoms with Gasteiger partial charge in [-0.2, -0.15) is 0 Å². The number of hydrogen-bond acceptors (Lipinski definition) is 6. The number of allylic oxidation sites excluding steroid dienone is 1. The van der Waals surface area contributed by atoms with Crippen molar-refractivity contribution in [1.82, 2.24) is 5.32 Å². The molecule has 0 saturated carbocycles. The zero-order chi connectivity index (χ0) is 52.7. The quantitative estimate of drug-likeness (QED) is 0.0272. The summed E-state index contributed by atoms with van der Waals surface area (Å²) in [5.41, 5.74) is 0. The highest BCUT2D eigenvalue weighted by molar-refractivity contribution is 7.45. The minimum Gasteiger partial charge on any atom is -0.756 e. The molecule has 0 fully saturated rings. The number of aliphatic hydroxyl groups is 1. The van der Waals surface area contributed by atoms with Gasteiger partial charge in [0.2, 0.25) is 5.91 Å². The third-order valence-electron chi connectivity index (χ3n) is 15.0. The maximum atomic E-state index is 13.0. The van der Waals surface area contributed by atoms with Crippen LogP contribution in [-0.4, -0.2) is 68.5 Å². The van der Waals surface area contributed by atoms with Crippen molar-refractivity contribution in [2.24, 2.45) is 0 Å². The molecule has 0 aromatic rings. The lowest BCUT2D eigenvalue weighted by Crippen LogP contribution is -2.45. The van der Waals surface area contributed by atoms with Crippen molar-refractivity contribution in [3.05, 3.63) is 12.2 Å². The molecule has 0 aliphatic rings. The topological polar surface area (TPSA) is 108 Å². The fourth-order valence-corrected chi connectivity index (χ4v) is 10.7. The molecule has 0 spiro atoms. The number of carbonyl (C=O) groups excluding carboxylic acids is 1. The Kier molecular flexibility index (Phi) is 54.4. The summed E-state index contributed by atoms with van der Waals surface area (Å²) in [5.74, 6) is -0.188. The Hall–Kier alpha value is -0.760. The van der Waals surface area contributed by atoms with Crippen molar-refractivity contribution in [2.75, 3.05) is 40.9 Å². The number of phosphoric acid groups is 1. The lowest BCUT2D eigenvalue weighted by molar-refractivity contribution is -0.870. The van der Waals surface area contributed by atoms with E-state index in [0.717, 1.165) is 38.5 Å². The average molecular weight is 1040 g/mol. The number of phosphoric ester groups is 1. The van der Waals surface area contributed by atoms with E-state index < -0.39 is 20.0 Å². The van der Waals surface area contributed by atoms with Crippen LogP contribution in [0.4, 0.5) is 0 Å². The van der Waals surface area contributed by atoms with Gasteiger partial charge in [0, 0.05) is 6.42 Å². The zero-order valence-corrected chi connectivity index (χ0v) is 50.1. The second kappa shape index (κ2) is 55.0. The Labute approximate surface area is 450 Å². The van der Waals surface area contributed by atoms with E-state index in [1.165, 1.54) is 276 Å². The summed E-state index contributed by atoms with van der Waals surface area (Å²) in [6, 6.07) is -0.883. The number of nitrogens with zero attached hydrogens (tertiary/aromatic N) is 1. The van der Waals surface area contributed by atoms with Gasteiger partial charge in [0.1, 0.15) is 13.2 Å². The van der Waals surface area contributed by atoms with E-state index in [9.17, 15) is 19.4 Å². The lowest BCUT2D eigenvalue weighted by Gasteiger charge is -2.29. The Morgan fingerprint density at radius 2 is 0.750 bits per heavy atom. The predicted molar refractivity (Wildman–Crippen MR) is 312 cm³/mol. The van der Waals surface area contributed by atoms with Gasteiger partial charge in [0.15, 0.2) is 0 Å². The molecule has 3 unspecified atom stereocenters. The smallest absolute Gasteiger partial charge is 0.268 e. The van der Waals surface area contributed by atoms with Gasteiger partial charge in [-0.15, -0.1) is 0 Å². The predicted octanol–water partition coefficient (Wildman–Crippen LogP) is 19.1. The first kappa shape index (κ1) is 71.2. The molecule has 8 nitrogen and oxygen atoms in total. The minimum absolute atomic E-state index is 0.00288. The first-order chi connectivity index (χ1) is 35.0. The first-order valence-electron chi connectivity index (χ1n) is 32.1. The van der Waals surface area contributed by atoms with Crippen LogP contribution in [0.25, 0.3) is 0 Å². The van der Waals surface area contributed by atoms with Crippen LogP contribution < -0.4 is 10.2 Å². The summed E-state index contributed by atoms with van der Waals surface area (Å²) in [6.07, 6.45) is 68.8. The third kappa shape index (κ3) is 57.0. The van der Waals surface area contributed by atoms with Crippen molar-refractivity contribution < 1.29 is 32.9 Å². The minimum atomic E-state index is -4.60. The van der Waals surface area contributed by atoms with Gasteiger partial charge < -0.3 is 28.8 Å². The number of quaternary nitrogens is 1. The highest BCUT2D eigenvalue weighted by Gasteiger charge is 2.23.